The first kappa shape index (κ1) is 14.8. The van der Waals surface area contributed by atoms with Crippen LogP contribution in [0.15, 0.2) is 4.52 Å². The van der Waals surface area contributed by atoms with Crippen LogP contribution >= 0.6 is 0 Å². The Morgan fingerprint density at radius 1 is 1.60 bits per heavy atom. The molecule has 0 aliphatic carbocycles. The van der Waals surface area contributed by atoms with E-state index in [9.17, 15) is 4.79 Å². The molecule has 1 aliphatic heterocycles. The third-order valence-electron chi connectivity index (χ3n) is 3.28. The van der Waals surface area contributed by atoms with E-state index in [-0.39, 0.29) is 12.1 Å². The molecule has 0 spiro atoms. The molecule has 1 aliphatic rings. The summed E-state index contributed by atoms with van der Waals surface area (Å²) in [6, 6.07) is -0.157. The van der Waals surface area contributed by atoms with Crippen molar-refractivity contribution in [3.05, 3.63) is 11.5 Å². The molecule has 1 unspecified atom stereocenters. The van der Waals surface area contributed by atoms with E-state index in [1.807, 2.05) is 6.92 Å². The third-order valence-corrected chi connectivity index (χ3v) is 3.28. The van der Waals surface area contributed by atoms with Gasteiger partial charge in [-0.3, -0.25) is 0 Å². The molecule has 2 amide bonds. The van der Waals surface area contributed by atoms with E-state index in [2.05, 4.69) is 10.5 Å². The zero-order valence-corrected chi connectivity index (χ0v) is 12.1. The maximum absolute atomic E-state index is 12.3. The van der Waals surface area contributed by atoms with E-state index >= 15 is 0 Å². The second-order valence-electron chi connectivity index (χ2n) is 4.74. The van der Waals surface area contributed by atoms with Gasteiger partial charge in [-0.15, -0.1) is 0 Å². The van der Waals surface area contributed by atoms with Gasteiger partial charge < -0.3 is 24.2 Å². The Bertz CT molecular complexity index is 458. The number of anilines is 1. The van der Waals surface area contributed by atoms with Crippen molar-refractivity contribution in [2.24, 2.45) is 0 Å². The normalized spacial score (nSPS) is 19.1. The van der Waals surface area contributed by atoms with Crippen LogP contribution in [0.2, 0.25) is 0 Å². The second-order valence-corrected chi connectivity index (χ2v) is 4.74. The maximum Gasteiger partial charge on any atom is 0.322 e. The molecule has 1 N–H and O–H groups in total. The van der Waals surface area contributed by atoms with Crippen molar-refractivity contribution in [1.82, 2.24) is 10.1 Å². The second kappa shape index (κ2) is 6.71. The predicted molar refractivity (Wildman–Crippen MR) is 72.8 cm³/mol. The summed E-state index contributed by atoms with van der Waals surface area (Å²) in [5.41, 5.74) is 1.44. The quantitative estimate of drug-likeness (QED) is 0.904. The summed E-state index contributed by atoms with van der Waals surface area (Å²) in [6.07, 6.45) is 0.635. The molecule has 0 saturated carbocycles. The van der Waals surface area contributed by atoms with Gasteiger partial charge in [0.25, 0.3) is 0 Å². The van der Waals surface area contributed by atoms with Crippen LogP contribution in [-0.2, 0) is 15.9 Å². The number of hydrogen-bond acceptors (Lipinski definition) is 5. The van der Waals surface area contributed by atoms with Gasteiger partial charge in [0, 0.05) is 13.7 Å². The topological polar surface area (TPSA) is 76.8 Å². The summed E-state index contributed by atoms with van der Waals surface area (Å²) in [6.45, 7) is 5.84. The highest BCUT2D eigenvalue weighted by atomic mass is 16.5. The summed E-state index contributed by atoms with van der Waals surface area (Å²) in [7, 11) is 1.62. The lowest BCUT2D eigenvalue weighted by Gasteiger charge is -2.32. The van der Waals surface area contributed by atoms with Crippen molar-refractivity contribution in [3.63, 3.8) is 0 Å². The predicted octanol–water partition coefficient (Wildman–Crippen LogP) is 1.42. The number of morpholine rings is 1. The highest BCUT2D eigenvalue weighted by Gasteiger charge is 2.25. The number of rotatable bonds is 4. The number of nitrogens with zero attached hydrogens (tertiary/aromatic N) is 2. The number of aryl methyl sites for hydroxylation is 2. The van der Waals surface area contributed by atoms with Crippen LogP contribution in [0.25, 0.3) is 0 Å². The number of carbonyl (C=O) groups is 1. The Kier molecular flexibility index (Phi) is 4.97. The van der Waals surface area contributed by atoms with Crippen LogP contribution in [0.5, 0.6) is 0 Å². The fourth-order valence-electron chi connectivity index (χ4n) is 2.20. The van der Waals surface area contributed by atoms with E-state index in [0.717, 1.165) is 5.69 Å². The highest BCUT2D eigenvalue weighted by molar-refractivity contribution is 5.90. The number of ether oxygens (including phenoxy) is 2. The van der Waals surface area contributed by atoms with Gasteiger partial charge in [0.1, 0.15) is 11.4 Å². The minimum absolute atomic E-state index is 0.0753. The summed E-state index contributed by atoms with van der Waals surface area (Å²) >= 11 is 0. The first-order chi connectivity index (χ1) is 9.65. The number of urea groups is 1. The first-order valence-corrected chi connectivity index (χ1v) is 6.77. The maximum atomic E-state index is 12.3. The highest BCUT2D eigenvalue weighted by Crippen LogP contribution is 2.21. The van der Waals surface area contributed by atoms with Crippen molar-refractivity contribution in [1.29, 1.82) is 0 Å². The van der Waals surface area contributed by atoms with Crippen molar-refractivity contribution >= 4 is 11.7 Å². The minimum atomic E-state index is -0.157. The molecule has 0 bridgehead atoms. The molecule has 20 heavy (non-hydrogen) atoms. The first-order valence-electron chi connectivity index (χ1n) is 6.77. The van der Waals surface area contributed by atoms with Crippen LogP contribution in [0, 0.1) is 6.92 Å². The fraction of sp³-hybridized carbons (Fsp3) is 0.692. The van der Waals surface area contributed by atoms with Gasteiger partial charge in [0.2, 0.25) is 0 Å². The lowest BCUT2D eigenvalue weighted by atomic mass is 10.2. The Morgan fingerprint density at radius 2 is 2.40 bits per heavy atom. The Hall–Kier alpha value is -1.60. The zero-order valence-electron chi connectivity index (χ0n) is 12.1. The number of nitrogens with one attached hydrogen (secondary N) is 1. The molecule has 7 nitrogen and oxygen atoms in total. The standard InChI is InChI=1S/C13H21N3O4/c1-4-11-12(9(2)20-15-11)14-13(17)16-5-6-19-10(7-16)8-18-3/h10H,4-8H2,1-3H3,(H,14,17). The average molecular weight is 283 g/mol. The molecule has 7 heteroatoms. The third kappa shape index (κ3) is 3.29. The van der Waals surface area contributed by atoms with Gasteiger partial charge in [0.05, 0.1) is 25.9 Å². The molecular weight excluding hydrogens is 262 g/mol. The van der Waals surface area contributed by atoms with E-state index in [1.165, 1.54) is 0 Å². The number of methoxy groups -OCH3 is 1. The monoisotopic (exact) mass is 283 g/mol. The zero-order chi connectivity index (χ0) is 14.5. The van der Waals surface area contributed by atoms with Crippen LogP contribution in [0.4, 0.5) is 10.5 Å². The average Bonchev–Trinajstić information content (AvgIpc) is 2.80. The molecule has 1 aromatic rings. The van der Waals surface area contributed by atoms with Gasteiger partial charge in [0.15, 0.2) is 5.76 Å². The Balaban J connectivity index is 1.99. The molecule has 1 fully saturated rings. The van der Waals surface area contributed by atoms with Crippen molar-refractivity contribution < 1.29 is 18.8 Å². The van der Waals surface area contributed by atoms with E-state index in [4.69, 9.17) is 14.0 Å². The molecule has 0 aromatic carbocycles. The lowest BCUT2D eigenvalue weighted by Crippen LogP contribution is -2.48. The molecule has 1 saturated heterocycles. The minimum Gasteiger partial charge on any atom is -0.382 e. The molecule has 2 heterocycles. The Morgan fingerprint density at radius 3 is 3.10 bits per heavy atom. The lowest BCUT2D eigenvalue weighted by molar-refractivity contribution is -0.0481. The fourth-order valence-corrected chi connectivity index (χ4v) is 2.20. The molecule has 1 aromatic heterocycles. The largest absolute Gasteiger partial charge is 0.382 e. The van der Waals surface area contributed by atoms with Crippen molar-refractivity contribution in [2.45, 2.75) is 26.4 Å². The number of aromatic nitrogens is 1. The van der Waals surface area contributed by atoms with Crippen molar-refractivity contribution in [2.75, 3.05) is 38.7 Å². The smallest absolute Gasteiger partial charge is 0.322 e. The van der Waals surface area contributed by atoms with Crippen molar-refractivity contribution in [3.8, 4) is 0 Å². The molecule has 2 rings (SSSR count). The number of carbonyl (C=O) groups excluding carboxylic acids is 1. The summed E-state index contributed by atoms with van der Waals surface area (Å²) in [4.78, 5) is 14.0. The summed E-state index contributed by atoms with van der Waals surface area (Å²) in [5.74, 6) is 0.622. The van der Waals surface area contributed by atoms with E-state index in [0.29, 0.717) is 44.2 Å². The van der Waals surface area contributed by atoms with Crippen LogP contribution in [0.1, 0.15) is 18.4 Å². The van der Waals surface area contributed by atoms with Gasteiger partial charge in [-0.05, 0) is 13.3 Å². The number of amides is 2. The van der Waals surface area contributed by atoms with Gasteiger partial charge in [-0.2, -0.15) is 0 Å². The van der Waals surface area contributed by atoms with E-state index in [1.54, 1.807) is 18.9 Å². The SMILES string of the molecule is CCc1noc(C)c1NC(=O)N1CCOC(COC)C1. The molecule has 112 valence electrons. The van der Waals surface area contributed by atoms with Crippen LogP contribution < -0.4 is 5.32 Å². The van der Waals surface area contributed by atoms with Crippen LogP contribution in [-0.4, -0.2) is 55.6 Å². The summed E-state index contributed by atoms with van der Waals surface area (Å²) < 4.78 is 15.7. The number of hydrogen-bond donors (Lipinski definition) is 1. The van der Waals surface area contributed by atoms with Gasteiger partial charge >= 0.3 is 6.03 Å². The van der Waals surface area contributed by atoms with E-state index < -0.39 is 0 Å². The molecule has 0 radical (unpaired) electrons. The molecule has 1 atom stereocenters. The van der Waals surface area contributed by atoms with Gasteiger partial charge in [-0.25, -0.2) is 4.79 Å². The van der Waals surface area contributed by atoms with Crippen LogP contribution in [0.3, 0.4) is 0 Å². The Labute approximate surface area is 118 Å². The summed E-state index contributed by atoms with van der Waals surface area (Å²) in [5, 5.41) is 6.80. The molecular formula is C13H21N3O4. The van der Waals surface area contributed by atoms with Gasteiger partial charge in [-0.1, -0.05) is 12.1 Å².